The number of carbonyl (C=O) groups excluding carboxylic acids is 2. The number of carbonyl (C=O) groups is 2. The predicted octanol–water partition coefficient (Wildman–Crippen LogP) is 2.14. The molecule has 1 aromatic rings. The van der Waals surface area contributed by atoms with Crippen molar-refractivity contribution >= 4 is 23.5 Å². The standard InChI is InChI=1S/C14H16ClNO5/c1-3-4-16-13(17)8(2)21-14(18)9-5-10(15)12-11(6-9)19-7-20-12/h5-6,8H,3-4,7H2,1-2H3,(H,16,17)/t8-/m1/s1. The van der Waals surface area contributed by atoms with E-state index in [1.165, 1.54) is 19.1 Å². The molecule has 0 aliphatic carbocycles. The van der Waals surface area contributed by atoms with Crippen LogP contribution in [0.4, 0.5) is 0 Å². The highest BCUT2D eigenvalue weighted by molar-refractivity contribution is 6.32. The van der Waals surface area contributed by atoms with Crippen molar-refractivity contribution in [3.8, 4) is 11.5 Å². The zero-order chi connectivity index (χ0) is 15.4. The van der Waals surface area contributed by atoms with Crippen LogP contribution in [-0.2, 0) is 9.53 Å². The minimum atomic E-state index is -0.881. The normalized spacial score (nSPS) is 13.7. The zero-order valence-corrected chi connectivity index (χ0v) is 12.5. The van der Waals surface area contributed by atoms with Crippen LogP contribution in [0.2, 0.25) is 5.02 Å². The van der Waals surface area contributed by atoms with Crippen LogP contribution in [0.1, 0.15) is 30.6 Å². The minimum absolute atomic E-state index is 0.0589. The molecule has 1 aliphatic heterocycles. The lowest BCUT2D eigenvalue weighted by atomic mass is 10.2. The highest BCUT2D eigenvalue weighted by Crippen LogP contribution is 2.39. The van der Waals surface area contributed by atoms with Crippen molar-refractivity contribution in [3.63, 3.8) is 0 Å². The summed E-state index contributed by atoms with van der Waals surface area (Å²) < 4.78 is 15.4. The van der Waals surface area contributed by atoms with Gasteiger partial charge in [0, 0.05) is 6.54 Å². The van der Waals surface area contributed by atoms with Gasteiger partial charge in [-0.1, -0.05) is 18.5 Å². The van der Waals surface area contributed by atoms with Gasteiger partial charge >= 0.3 is 5.97 Å². The fourth-order valence-corrected chi connectivity index (χ4v) is 2.02. The first-order valence-corrected chi connectivity index (χ1v) is 6.98. The second-order valence-electron chi connectivity index (χ2n) is 4.53. The number of nitrogens with one attached hydrogen (secondary N) is 1. The molecule has 1 amide bonds. The number of fused-ring (bicyclic) bond motifs is 1. The molecule has 1 heterocycles. The largest absolute Gasteiger partial charge is 0.454 e. The third kappa shape index (κ3) is 3.58. The van der Waals surface area contributed by atoms with E-state index in [4.69, 9.17) is 25.8 Å². The lowest BCUT2D eigenvalue weighted by Crippen LogP contribution is -2.36. The molecule has 7 heteroatoms. The number of ether oxygens (including phenoxy) is 3. The average molecular weight is 314 g/mol. The molecule has 6 nitrogen and oxygen atoms in total. The minimum Gasteiger partial charge on any atom is -0.454 e. The van der Waals surface area contributed by atoms with E-state index < -0.39 is 12.1 Å². The van der Waals surface area contributed by atoms with Crippen LogP contribution in [0.5, 0.6) is 11.5 Å². The van der Waals surface area contributed by atoms with E-state index in [1.54, 1.807) is 0 Å². The Labute approximate surface area is 127 Å². The Morgan fingerprint density at radius 1 is 1.43 bits per heavy atom. The molecule has 1 aliphatic rings. The van der Waals surface area contributed by atoms with E-state index in [0.717, 1.165) is 6.42 Å². The van der Waals surface area contributed by atoms with Crippen LogP contribution in [0.3, 0.4) is 0 Å². The molecule has 0 radical (unpaired) electrons. The van der Waals surface area contributed by atoms with Gasteiger partial charge in [0.15, 0.2) is 17.6 Å². The number of esters is 1. The van der Waals surface area contributed by atoms with Gasteiger partial charge in [0.2, 0.25) is 6.79 Å². The first kappa shape index (κ1) is 15.4. The summed E-state index contributed by atoms with van der Waals surface area (Å²) in [5.74, 6) is -0.189. The molecule has 1 atom stereocenters. The summed E-state index contributed by atoms with van der Waals surface area (Å²) in [5.41, 5.74) is 0.208. The molecule has 1 N–H and O–H groups in total. The van der Waals surface area contributed by atoms with Gasteiger partial charge < -0.3 is 19.5 Å². The number of hydrogen-bond donors (Lipinski definition) is 1. The van der Waals surface area contributed by atoms with Gasteiger partial charge in [-0.25, -0.2) is 4.79 Å². The van der Waals surface area contributed by atoms with Gasteiger partial charge in [-0.3, -0.25) is 4.79 Å². The van der Waals surface area contributed by atoms with Crippen LogP contribution in [0.15, 0.2) is 12.1 Å². The molecule has 0 bridgehead atoms. The number of hydrogen-bond acceptors (Lipinski definition) is 5. The lowest BCUT2D eigenvalue weighted by Gasteiger charge is -2.13. The summed E-state index contributed by atoms with van der Waals surface area (Å²) >= 11 is 5.99. The fraction of sp³-hybridized carbons (Fsp3) is 0.429. The molecular formula is C14H16ClNO5. The Balaban J connectivity index is 2.04. The van der Waals surface area contributed by atoms with E-state index >= 15 is 0 Å². The monoisotopic (exact) mass is 313 g/mol. The molecule has 1 aromatic carbocycles. The Morgan fingerprint density at radius 3 is 2.90 bits per heavy atom. The summed E-state index contributed by atoms with van der Waals surface area (Å²) in [4.78, 5) is 23.7. The molecule has 0 saturated carbocycles. The molecule has 0 unspecified atom stereocenters. The quantitative estimate of drug-likeness (QED) is 0.843. The fourth-order valence-electron chi connectivity index (χ4n) is 1.76. The van der Waals surface area contributed by atoms with Crippen molar-refractivity contribution in [2.24, 2.45) is 0 Å². The second-order valence-corrected chi connectivity index (χ2v) is 4.94. The topological polar surface area (TPSA) is 73.9 Å². The van der Waals surface area contributed by atoms with E-state index in [1.807, 2.05) is 6.92 Å². The molecule has 0 spiro atoms. The number of benzene rings is 1. The third-order valence-corrected chi connectivity index (χ3v) is 3.15. The van der Waals surface area contributed by atoms with Gasteiger partial charge in [-0.05, 0) is 25.5 Å². The van der Waals surface area contributed by atoms with Gasteiger partial charge in [0.25, 0.3) is 5.91 Å². The van der Waals surface area contributed by atoms with Crippen LogP contribution >= 0.6 is 11.6 Å². The van der Waals surface area contributed by atoms with Gasteiger partial charge in [0.1, 0.15) is 0 Å². The molecule has 2 rings (SSSR count). The summed E-state index contributed by atoms with van der Waals surface area (Å²) in [5, 5.41) is 2.92. The SMILES string of the molecule is CCCNC(=O)[C@@H](C)OC(=O)c1cc(Cl)c2c(c1)OCO2. The van der Waals surface area contributed by atoms with Crippen LogP contribution < -0.4 is 14.8 Å². The number of halogens is 1. The van der Waals surface area contributed by atoms with Crippen LogP contribution in [0, 0.1) is 0 Å². The van der Waals surface area contributed by atoms with Gasteiger partial charge in [-0.2, -0.15) is 0 Å². The summed E-state index contributed by atoms with van der Waals surface area (Å²) in [6.45, 7) is 4.04. The molecule has 21 heavy (non-hydrogen) atoms. The Bertz CT molecular complexity index is 561. The molecule has 0 fully saturated rings. The number of amides is 1. The van der Waals surface area contributed by atoms with Crippen molar-refractivity contribution in [3.05, 3.63) is 22.7 Å². The van der Waals surface area contributed by atoms with Crippen molar-refractivity contribution in [1.82, 2.24) is 5.32 Å². The molecule has 0 saturated heterocycles. The maximum Gasteiger partial charge on any atom is 0.339 e. The maximum atomic E-state index is 12.0. The van der Waals surface area contributed by atoms with Crippen molar-refractivity contribution in [2.75, 3.05) is 13.3 Å². The second kappa shape index (κ2) is 6.67. The maximum absolute atomic E-state index is 12.0. The molecular weight excluding hydrogens is 298 g/mol. The van der Waals surface area contributed by atoms with Gasteiger partial charge in [-0.15, -0.1) is 0 Å². The third-order valence-electron chi connectivity index (χ3n) is 2.87. The van der Waals surface area contributed by atoms with Crippen molar-refractivity contribution in [1.29, 1.82) is 0 Å². The summed E-state index contributed by atoms with van der Waals surface area (Å²) in [6.07, 6.45) is -0.0716. The Morgan fingerprint density at radius 2 is 2.19 bits per heavy atom. The Hall–Kier alpha value is -1.95. The van der Waals surface area contributed by atoms with Crippen molar-refractivity contribution in [2.45, 2.75) is 26.4 Å². The van der Waals surface area contributed by atoms with E-state index in [9.17, 15) is 9.59 Å². The Kier molecular flexibility index (Phi) is 4.90. The van der Waals surface area contributed by atoms with Gasteiger partial charge in [0.05, 0.1) is 10.6 Å². The smallest absolute Gasteiger partial charge is 0.339 e. The highest BCUT2D eigenvalue weighted by atomic mass is 35.5. The van der Waals surface area contributed by atoms with E-state index in [-0.39, 0.29) is 23.3 Å². The van der Waals surface area contributed by atoms with Crippen molar-refractivity contribution < 1.29 is 23.8 Å². The van der Waals surface area contributed by atoms with Crippen LogP contribution in [-0.4, -0.2) is 31.3 Å². The molecule has 0 aromatic heterocycles. The number of rotatable bonds is 5. The highest BCUT2D eigenvalue weighted by Gasteiger charge is 2.23. The summed E-state index contributed by atoms with van der Waals surface area (Å²) in [6, 6.07) is 2.90. The first-order valence-electron chi connectivity index (χ1n) is 6.60. The summed E-state index contributed by atoms with van der Waals surface area (Å²) in [7, 11) is 0. The first-order chi connectivity index (χ1) is 10.0. The van der Waals surface area contributed by atoms with E-state index in [2.05, 4.69) is 5.32 Å². The van der Waals surface area contributed by atoms with E-state index in [0.29, 0.717) is 18.0 Å². The zero-order valence-electron chi connectivity index (χ0n) is 11.8. The van der Waals surface area contributed by atoms with Crippen LogP contribution in [0.25, 0.3) is 0 Å². The lowest BCUT2D eigenvalue weighted by molar-refractivity contribution is -0.129. The average Bonchev–Trinajstić information content (AvgIpc) is 2.93. The molecule has 114 valence electrons. The predicted molar refractivity (Wildman–Crippen MR) is 75.8 cm³/mol.